The summed E-state index contributed by atoms with van der Waals surface area (Å²) in [5, 5.41) is 9.79. The van der Waals surface area contributed by atoms with Crippen LogP contribution in [0.1, 0.15) is 213 Å². The van der Waals surface area contributed by atoms with Gasteiger partial charge in [-0.2, -0.15) is 0 Å². The molecule has 0 aliphatic rings. The quantitative estimate of drug-likeness (QED) is 0.0197. The van der Waals surface area contributed by atoms with Gasteiger partial charge in [0.1, 0.15) is 12.7 Å². The lowest BCUT2D eigenvalue weighted by Gasteiger charge is -2.21. The molecule has 0 aromatic carbocycles. The molecule has 0 fully saturated rings. The number of hydrogen-bond acceptors (Lipinski definition) is 10. The van der Waals surface area contributed by atoms with Crippen molar-refractivity contribution in [3.8, 4) is 0 Å². The van der Waals surface area contributed by atoms with Gasteiger partial charge in [-0.05, 0) is 103 Å². The maximum absolute atomic E-state index is 12.9. The summed E-state index contributed by atoms with van der Waals surface area (Å²) in [6, 6.07) is 0. The Morgan fingerprint density at radius 1 is 0.392 bits per heavy atom. The van der Waals surface area contributed by atoms with Crippen LogP contribution >= 0.6 is 7.82 Å². The lowest BCUT2D eigenvalue weighted by Crippen LogP contribution is -2.30. The molecular weight excluding hydrogens is 952 g/mol. The summed E-state index contributed by atoms with van der Waals surface area (Å²) in [6.07, 6.45) is 67.4. The van der Waals surface area contributed by atoms with Crippen molar-refractivity contribution >= 4 is 25.7 Å². The minimum absolute atomic E-state index is 0.0761. The molecule has 0 bridgehead atoms. The Kier molecular flexibility index (Phi) is 52.1. The highest BCUT2D eigenvalue weighted by molar-refractivity contribution is 7.47. The second kappa shape index (κ2) is 55.1. The van der Waals surface area contributed by atoms with Crippen LogP contribution in [-0.4, -0.2) is 66.5 Å². The van der Waals surface area contributed by atoms with E-state index >= 15 is 0 Å². The van der Waals surface area contributed by atoms with E-state index in [0.29, 0.717) is 25.7 Å². The maximum atomic E-state index is 12.9. The summed E-state index contributed by atoms with van der Waals surface area (Å²) < 4.78 is 39.4. The highest BCUT2D eigenvalue weighted by atomic mass is 31.2. The Balaban J connectivity index is 4.89. The fourth-order valence-electron chi connectivity index (χ4n) is 7.12. The van der Waals surface area contributed by atoms with E-state index in [0.717, 1.165) is 103 Å². The number of hydrogen-bond donors (Lipinski definition) is 2. The molecule has 0 amide bonds. The molecule has 11 nitrogen and oxygen atoms in total. The molecule has 0 spiro atoms. The summed E-state index contributed by atoms with van der Waals surface area (Å²) in [4.78, 5) is 48.5. The van der Waals surface area contributed by atoms with Crippen LogP contribution in [0.4, 0.5) is 0 Å². The number of phosphoric acid groups is 1. The zero-order valence-electron chi connectivity index (χ0n) is 46.3. The van der Waals surface area contributed by atoms with Crippen molar-refractivity contribution in [1.29, 1.82) is 0 Å². The van der Waals surface area contributed by atoms with Crippen molar-refractivity contribution in [3.05, 3.63) is 122 Å². The monoisotopic (exact) mass is 1050 g/mol. The molecule has 0 radical (unpaired) electrons. The number of ether oxygens (including phenoxy) is 3. The predicted molar refractivity (Wildman–Crippen MR) is 306 cm³/mol. The third kappa shape index (κ3) is 52.7. The number of allylic oxidation sites excluding steroid dienone is 20. The summed E-state index contributed by atoms with van der Waals surface area (Å²) in [5.41, 5.74) is 0. The highest BCUT2D eigenvalue weighted by Gasteiger charge is 2.28. The van der Waals surface area contributed by atoms with Gasteiger partial charge in [0.05, 0.1) is 19.8 Å². The Labute approximate surface area is 449 Å². The SMILES string of the molecule is CC/C=C\C/C=C\C/C=C\C/C=C\C/C=C\CCCCCC(=O)OCC(COP(=O)(O)OCC(CO)OC(=O)CCCCCCCCCCCCC)OC(=O)CCC/C=C\C/C=C\C/C=C\C/C=C\C/C=C\CC. The Morgan fingerprint density at radius 2 is 0.716 bits per heavy atom. The molecule has 420 valence electrons. The Bertz CT molecular complexity index is 1700. The molecule has 0 rings (SSSR count). The van der Waals surface area contributed by atoms with Gasteiger partial charge in [0, 0.05) is 19.3 Å². The van der Waals surface area contributed by atoms with Gasteiger partial charge in [0.15, 0.2) is 6.10 Å². The van der Waals surface area contributed by atoms with Gasteiger partial charge in [-0.1, -0.05) is 213 Å². The van der Waals surface area contributed by atoms with Crippen molar-refractivity contribution < 1.29 is 52.2 Å². The second-order valence-corrected chi connectivity index (χ2v) is 19.8. The minimum Gasteiger partial charge on any atom is -0.462 e. The number of aliphatic hydroxyl groups excluding tert-OH is 1. The van der Waals surface area contributed by atoms with Crippen LogP contribution in [0.25, 0.3) is 0 Å². The summed E-state index contributed by atoms with van der Waals surface area (Å²) in [7, 11) is -4.77. The topological polar surface area (TPSA) is 155 Å². The number of unbranched alkanes of at least 4 members (excludes halogenated alkanes) is 14. The van der Waals surface area contributed by atoms with Crippen molar-refractivity contribution in [2.45, 2.75) is 226 Å². The van der Waals surface area contributed by atoms with E-state index in [2.05, 4.69) is 130 Å². The average molecular weight is 1050 g/mol. The number of phosphoric ester groups is 1. The van der Waals surface area contributed by atoms with Gasteiger partial charge in [-0.3, -0.25) is 23.4 Å². The average Bonchev–Trinajstić information content (AvgIpc) is 3.39. The first-order valence-electron chi connectivity index (χ1n) is 28.4. The summed E-state index contributed by atoms with van der Waals surface area (Å²) >= 11 is 0. The van der Waals surface area contributed by atoms with E-state index in [1.165, 1.54) is 44.9 Å². The zero-order valence-corrected chi connectivity index (χ0v) is 47.2. The summed E-state index contributed by atoms with van der Waals surface area (Å²) in [5.74, 6) is -1.59. The molecule has 0 aromatic heterocycles. The van der Waals surface area contributed by atoms with E-state index in [9.17, 15) is 28.9 Å². The Hall–Kier alpha value is -4.12. The van der Waals surface area contributed by atoms with Crippen molar-refractivity contribution in [2.75, 3.05) is 26.4 Å². The highest BCUT2D eigenvalue weighted by Crippen LogP contribution is 2.43. The number of rotatable bonds is 51. The van der Waals surface area contributed by atoms with Gasteiger partial charge in [0.25, 0.3) is 0 Å². The smallest absolute Gasteiger partial charge is 0.462 e. The molecule has 0 aliphatic carbocycles. The van der Waals surface area contributed by atoms with Crippen molar-refractivity contribution in [3.63, 3.8) is 0 Å². The molecule has 74 heavy (non-hydrogen) atoms. The van der Waals surface area contributed by atoms with Crippen LogP contribution in [0, 0.1) is 0 Å². The largest absolute Gasteiger partial charge is 0.472 e. The third-order valence-electron chi connectivity index (χ3n) is 11.4. The van der Waals surface area contributed by atoms with E-state index in [-0.39, 0.29) is 25.9 Å². The van der Waals surface area contributed by atoms with Crippen LogP contribution < -0.4 is 0 Å². The van der Waals surface area contributed by atoms with Crippen molar-refractivity contribution in [2.24, 2.45) is 0 Å². The molecule has 0 saturated carbocycles. The van der Waals surface area contributed by atoms with E-state index < -0.39 is 57.8 Å². The molecule has 0 heterocycles. The van der Waals surface area contributed by atoms with Gasteiger partial charge in [-0.25, -0.2) is 4.57 Å². The maximum Gasteiger partial charge on any atom is 0.472 e. The molecule has 0 aliphatic heterocycles. The zero-order chi connectivity index (χ0) is 54.1. The molecule has 2 N–H and O–H groups in total. The second-order valence-electron chi connectivity index (χ2n) is 18.3. The number of aliphatic hydroxyl groups is 1. The van der Waals surface area contributed by atoms with Gasteiger partial charge < -0.3 is 24.2 Å². The molecule has 12 heteroatoms. The lowest BCUT2D eigenvalue weighted by molar-refractivity contribution is -0.161. The van der Waals surface area contributed by atoms with Crippen LogP contribution in [-0.2, 0) is 42.2 Å². The Morgan fingerprint density at radius 3 is 1.14 bits per heavy atom. The summed E-state index contributed by atoms with van der Waals surface area (Å²) in [6.45, 7) is 4.29. The molecule has 0 saturated heterocycles. The predicted octanol–water partition coefficient (Wildman–Crippen LogP) is 16.8. The minimum atomic E-state index is -4.77. The molecule has 0 aromatic rings. The van der Waals surface area contributed by atoms with E-state index in [4.69, 9.17) is 23.3 Å². The van der Waals surface area contributed by atoms with Gasteiger partial charge >= 0.3 is 25.7 Å². The fraction of sp³-hybridized carbons (Fsp3) is 0.629. The third-order valence-corrected chi connectivity index (χ3v) is 12.3. The van der Waals surface area contributed by atoms with Gasteiger partial charge in [0.2, 0.25) is 0 Å². The van der Waals surface area contributed by atoms with E-state index in [1.807, 2.05) is 12.2 Å². The fourth-order valence-corrected chi connectivity index (χ4v) is 7.91. The van der Waals surface area contributed by atoms with Crippen LogP contribution in [0.5, 0.6) is 0 Å². The normalized spacial score (nSPS) is 14.3. The van der Waals surface area contributed by atoms with Crippen LogP contribution in [0.2, 0.25) is 0 Å². The van der Waals surface area contributed by atoms with Crippen LogP contribution in [0.3, 0.4) is 0 Å². The van der Waals surface area contributed by atoms with Crippen molar-refractivity contribution in [1.82, 2.24) is 0 Å². The first-order valence-corrected chi connectivity index (χ1v) is 29.9. The van der Waals surface area contributed by atoms with Gasteiger partial charge in [-0.15, -0.1) is 0 Å². The van der Waals surface area contributed by atoms with Crippen LogP contribution in [0.15, 0.2) is 122 Å². The number of esters is 3. The number of carbonyl (C=O) groups is 3. The lowest BCUT2D eigenvalue weighted by atomic mass is 10.1. The standard InChI is InChI=1S/C62H101O11P/c1-4-7-10-13-16-19-22-24-26-28-29-31-32-34-37-39-42-45-48-51-60(64)69-55-59(73-62(66)53-50-47-44-41-38-35-33-30-27-25-23-20-17-14-11-8-5-2)57-71-74(67,68)70-56-58(54-63)72-61(65)52-49-46-43-40-36-21-18-15-12-9-6-3/h7-8,10-11,16-17,19-20,24-27,29,31,33-35,37,41,44,58-59,63H,4-6,9,12-15,18,21-23,28,30,32,36,38-40,42-43,45-57H2,1-3H3,(H,67,68)/b10-7-,11-8-,19-16-,20-17-,26-24-,27-25-,31-29-,35-33-,37-34-,44-41-. The molecule has 3 unspecified atom stereocenters. The molecule has 3 atom stereocenters. The van der Waals surface area contributed by atoms with E-state index in [1.54, 1.807) is 0 Å². The number of carbonyl (C=O) groups excluding carboxylic acids is 3. The first kappa shape index (κ1) is 69.9. The molecular formula is C62H101O11P. The first-order chi connectivity index (χ1) is 36.2.